The number of carbonyl (C=O) groups is 1. The van der Waals surface area contributed by atoms with E-state index >= 15 is 0 Å². The van der Waals surface area contributed by atoms with Crippen molar-refractivity contribution in [3.05, 3.63) is 35.9 Å². The first-order valence-corrected chi connectivity index (χ1v) is 8.80. The molecule has 1 unspecified atom stereocenters. The van der Waals surface area contributed by atoms with E-state index in [0.29, 0.717) is 13.2 Å². The predicted molar refractivity (Wildman–Crippen MR) is 95.8 cm³/mol. The van der Waals surface area contributed by atoms with Crippen LogP contribution in [0.5, 0.6) is 0 Å². The molecule has 0 aromatic heterocycles. The maximum Gasteiger partial charge on any atom is 0.407 e. The Morgan fingerprint density at radius 3 is 2.30 bits per heavy atom. The maximum atomic E-state index is 11.7. The van der Waals surface area contributed by atoms with E-state index in [1.807, 2.05) is 13.0 Å². The molecule has 0 saturated heterocycles. The smallest absolute Gasteiger partial charge is 0.407 e. The fourth-order valence-corrected chi connectivity index (χ4v) is 2.97. The van der Waals surface area contributed by atoms with Crippen LogP contribution in [0.2, 0.25) is 0 Å². The van der Waals surface area contributed by atoms with Gasteiger partial charge in [-0.15, -0.1) is 0 Å². The van der Waals surface area contributed by atoms with E-state index in [2.05, 4.69) is 55.3 Å². The first-order chi connectivity index (χ1) is 11.1. The van der Waals surface area contributed by atoms with Gasteiger partial charge in [-0.1, -0.05) is 51.1 Å². The average molecular weight is 320 g/mol. The normalized spacial score (nSPS) is 13.6. The van der Waals surface area contributed by atoms with Crippen LogP contribution in [0, 0.1) is 0 Å². The maximum absolute atomic E-state index is 11.7. The van der Waals surface area contributed by atoms with Crippen LogP contribution >= 0.6 is 0 Å². The second-order valence-electron chi connectivity index (χ2n) is 5.85. The Hall–Kier alpha value is -1.55. The van der Waals surface area contributed by atoms with E-state index in [9.17, 15) is 4.79 Å². The number of amides is 1. The Kier molecular flexibility index (Phi) is 8.70. The van der Waals surface area contributed by atoms with Gasteiger partial charge in [-0.2, -0.15) is 0 Å². The lowest BCUT2D eigenvalue weighted by Gasteiger charge is -2.35. The van der Waals surface area contributed by atoms with Gasteiger partial charge in [0.2, 0.25) is 0 Å². The molecule has 0 heterocycles. The third-order valence-electron chi connectivity index (χ3n) is 4.71. The second-order valence-corrected chi connectivity index (χ2v) is 5.85. The third kappa shape index (κ3) is 5.87. The van der Waals surface area contributed by atoms with Gasteiger partial charge in [-0.25, -0.2) is 4.79 Å². The van der Waals surface area contributed by atoms with Crippen LogP contribution in [0.1, 0.15) is 46.1 Å². The summed E-state index contributed by atoms with van der Waals surface area (Å²) < 4.78 is 5.03. The highest BCUT2D eigenvalue weighted by molar-refractivity contribution is 5.67. The van der Waals surface area contributed by atoms with Gasteiger partial charge in [0.25, 0.3) is 0 Å². The molecule has 0 fully saturated rings. The molecule has 1 aromatic carbocycles. The van der Waals surface area contributed by atoms with Crippen LogP contribution in [0.3, 0.4) is 0 Å². The molecule has 1 aromatic rings. The lowest BCUT2D eigenvalue weighted by atomic mass is 9.75. The Bertz CT molecular complexity index is 446. The number of ether oxygens (including phenoxy) is 1. The second kappa shape index (κ2) is 10.3. The lowest BCUT2D eigenvalue weighted by molar-refractivity contribution is 0.147. The molecule has 1 atom stereocenters. The van der Waals surface area contributed by atoms with Crippen molar-refractivity contribution in [2.75, 3.05) is 32.8 Å². The topological polar surface area (TPSA) is 41.6 Å². The first kappa shape index (κ1) is 19.5. The number of hydrogen-bond acceptors (Lipinski definition) is 3. The molecule has 0 aliphatic heterocycles. The summed E-state index contributed by atoms with van der Waals surface area (Å²) in [7, 11) is 0. The largest absolute Gasteiger partial charge is 0.450 e. The number of rotatable bonds is 10. The molecular weight excluding hydrogens is 288 g/mol. The molecule has 4 heteroatoms. The van der Waals surface area contributed by atoms with Crippen molar-refractivity contribution in [2.45, 2.75) is 46.0 Å². The average Bonchev–Trinajstić information content (AvgIpc) is 2.59. The van der Waals surface area contributed by atoms with Crippen molar-refractivity contribution in [1.29, 1.82) is 0 Å². The third-order valence-corrected chi connectivity index (χ3v) is 4.71. The zero-order valence-electron chi connectivity index (χ0n) is 15.1. The van der Waals surface area contributed by atoms with Crippen molar-refractivity contribution >= 4 is 6.09 Å². The van der Waals surface area contributed by atoms with E-state index in [0.717, 1.165) is 32.5 Å². The van der Waals surface area contributed by atoms with Crippen LogP contribution in [0.25, 0.3) is 0 Å². The summed E-state index contributed by atoms with van der Waals surface area (Å²) in [6, 6.07) is 10.5. The number of nitrogens with one attached hydrogen (secondary N) is 1. The van der Waals surface area contributed by atoms with Gasteiger partial charge in [0.15, 0.2) is 0 Å². The molecule has 0 aliphatic carbocycles. The number of carbonyl (C=O) groups excluding carboxylic acids is 1. The van der Waals surface area contributed by atoms with Crippen molar-refractivity contribution < 1.29 is 9.53 Å². The summed E-state index contributed by atoms with van der Waals surface area (Å²) in [5, 5.41) is 2.95. The predicted octanol–water partition coefficient (Wildman–Crippen LogP) is 3.81. The summed E-state index contributed by atoms with van der Waals surface area (Å²) in [5.41, 5.74) is 1.22. The summed E-state index contributed by atoms with van der Waals surface area (Å²) in [6.07, 6.45) is 1.66. The molecule has 1 amide bonds. The molecule has 0 radical (unpaired) electrons. The summed E-state index contributed by atoms with van der Waals surface area (Å²) in [4.78, 5) is 14.2. The number of nitrogens with zero attached hydrogens (tertiary/aromatic N) is 1. The van der Waals surface area contributed by atoms with Gasteiger partial charge in [0.1, 0.15) is 0 Å². The summed E-state index contributed by atoms with van der Waals surface area (Å²) in [5.74, 6) is 0. The highest BCUT2D eigenvalue weighted by atomic mass is 16.5. The van der Waals surface area contributed by atoms with Crippen molar-refractivity contribution in [1.82, 2.24) is 10.2 Å². The van der Waals surface area contributed by atoms with Gasteiger partial charge in [-0.3, -0.25) is 0 Å². The highest BCUT2D eigenvalue weighted by Crippen LogP contribution is 2.31. The van der Waals surface area contributed by atoms with E-state index in [1.54, 1.807) is 0 Å². The minimum absolute atomic E-state index is 0.0589. The molecule has 0 aliphatic rings. The van der Waals surface area contributed by atoms with Crippen LogP contribution in [0.15, 0.2) is 30.3 Å². The van der Waals surface area contributed by atoms with Gasteiger partial charge in [0.05, 0.1) is 6.61 Å². The Morgan fingerprint density at radius 1 is 1.13 bits per heavy atom. The summed E-state index contributed by atoms with van der Waals surface area (Å²) >= 11 is 0. The first-order valence-electron chi connectivity index (χ1n) is 8.80. The number of benzene rings is 1. The molecule has 0 saturated carbocycles. The van der Waals surface area contributed by atoms with E-state index in [-0.39, 0.29) is 11.5 Å². The fourth-order valence-electron chi connectivity index (χ4n) is 2.97. The number of hydrogen-bond donors (Lipinski definition) is 1. The van der Waals surface area contributed by atoms with Gasteiger partial charge >= 0.3 is 6.09 Å². The Morgan fingerprint density at radius 2 is 1.78 bits per heavy atom. The van der Waals surface area contributed by atoms with Crippen molar-refractivity contribution in [3.63, 3.8) is 0 Å². The minimum atomic E-state index is -0.330. The van der Waals surface area contributed by atoms with Gasteiger partial charge in [-0.05, 0) is 45.0 Å². The lowest BCUT2D eigenvalue weighted by Crippen LogP contribution is -2.43. The molecule has 0 bridgehead atoms. The molecule has 0 spiro atoms. The summed E-state index contributed by atoms with van der Waals surface area (Å²) in [6.45, 7) is 12.5. The van der Waals surface area contributed by atoms with E-state index in [4.69, 9.17) is 4.74 Å². The van der Waals surface area contributed by atoms with Gasteiger partial charge < -0.3 is 15.0 Å². The minimum Gasteiger partial charge on any atom is -0.450 e. The monoisotopic (exact) mass is 320 g/mol. The molecular formula is C19H32N2O2. The van der Waals surface area contributed by atoms with Crippen LogP contribution < -0.4 is 5.32 Å². The van der Waals surface area contributed by atoms with Gasteiger partial charge in [0, 0.05) is 12.0 Å². The van der Waals surface area contributed by atoms with Crippen molar-refractivity contribution in [3.8, 4) is 0 Å². The van der Waals surface area contributed by atoms with Crippen molar-refractivity contribution in [2.24, 2.45) is 0 Å². The zero-order valence-corrected chi connectivity index (χ0v) is 15.1. The van der Waals surface area contributed by atoms with E-state index in [1.165, 1.54) is 5.56 Å². The fraction of sp³-hybridized carbons (Fsp3) is 0.632. The number of alkyl carbamates (subject to hydrolysis) is 1. The van der Waals surface area contributed by atoms with Crippen LogP contribution in [0.4, 0.5) is 4.79 Å². The molecule has 23 heavy (non-hydrogen) atoms. The van der Waals surface area contributed by atoms with Crippen LogP contribution in [-0.4, -0.2) is 43.8 Å². The SMILES string of the molecule is CCOC(=O)NCC(CC)(CCN(CC)CC)c1ccccc1. The van der Waals surface area contributed by atoms with E-state index < -0.39 is 0 Å². The van der Waals surface area contributed by atoms with Crippen LogP contribution in [-0.2, 0) is 10.2 Å². The molecule has 1 rings (SSSR count). The standard InChI is InChI=1S/C19H32N2O2/c1-5-19(14-15-21(6-2)7-3,16-20-18(22)23-8-4)17-12-10-9-11-13-17/h9-13H,5-8,14-16H2,1-4H3,(H,20,22). The highest BCUT2D eigenvalue weighted by Gasteiger charge is 2.31. The Labute approximate surface area is 141 Å². The Balaban J connectivity index is 2.90. The zero-order chi connectivity index (χ0) is 17.1. The quantitative estimate of drug-likeness (QED) is 0.713. The molecule has 4 nitrogen and oxygen atoms in total. The molecule has 1 N–H and O–H groups in total. The molecule has 130 valence electrons.